The molecule has 0 aliphatic carbocycles. The van der Waals surface area contributed by atoms with E-state index in [1.165, 1.54) is 36.6 Å². The molecule has 0 saturated carbocycles. The highest BCUT2D eigenvalue weighted by molar-refractivity contribution is 5.92. The number of carbonyl (C=O) groups is 1. The molecule has 3 heterocycles. The molecule has 0 spiro atoms. The van der Waals surface area contributed by atoms with Crippen LogP contribution in [0, 0.1) is 25.5 Å². The maximum Gasteiger partial charge on any atom is 0.259 e. The first-order valence-corrected chi connectivity index (χ1v) is 11.3. The van der Waals surface area contributed by atoms with E-state index in [9.17, 15) is 18.4 Å². The Morgan fingerprint density at radius 2 is 1.65 bits per heavy atom. The average Bonchev–Trinajstić information content (AvgIpc) is 2.80. The van der Waals surface area contributed by atoms with Crippen molar-refractivity contribution in [3.8, 4) is 11.4 Å². The van der Waals surface area contributed by atoms with Gasteiger partial charge >= 0.3 is 0 Å². The molecule has 34 heavy (non-hydrogen) atoms. The molecule has 0 fully saturated rings. The third-order valence-corrected chi connectivity index (χ3v) is 4.63. The highest BCUT2D eigenvalue weighted by Gasteiger charge is 2.13. The molecular formula is C26H33F2N3O3. The highest BCUT2D eigenvalue weighted by Crippen LogP contribution is 2.19. The van der Waals surface area contributed by atoms with Crippen molar-refractivity contribution in [1.82, 2.24) is 14.5 Å². The first-order valence-electron chi connectivity index (χ1n) is 11.3. The van der Waals surface area contributed by atoms with Crippen LogP contribution in [0.5, 0.6) is 5.75 Å². The summed E-state index contributed by atoms with van der Waals surface area (Å²) in [6.07, 6.45) is 5.06. The minimum atomic E-state index is -0.825. The number of ketones is 1. The van der Waals surface area contributed by atoms with Crippen LogP contribution in [0.15, 0.2) is 41.5 Å². The summed E-state index contributed by atoms with van der Waals surface area (Å²) in [4.78, 5) is 32.0. The SMILES string of the molecule is CC.CC(=O)c1cc(-n2c(C)cc(OCc3ncc(F)cc3F)cc2=O)c(C)cn1.CCCC. The number of carbonyl (C=O) groups excluding carboxylic acids is 1. The summed E-state index contributed by atoms with van der Waals surface area (Å²) in [5.74, 6) is -1.59. The van der Waals surface area contributed by atoms with E-state index in [-0.39, 0.29) is 35.1 Å². The average molecular weight is 474 g/mol. The molecule has 0 amide bonds. The van der Waals surface area contributed by atoms with Gasteiger partial charge in [-0.15, -0.1) is 0 Å². The molecule has 0 aliphatic rings. The lowest BCUT2D eigenvalue weighted by molar-refractivity contribution is 0.101. The summed E-state index contributed by atoms with van der Waals surface area (Å²) in [6.45, 7) is 13.0. The topological polar surface area (TPSA) is 74.1 Å². The van der Waals surface area contributed by atoms with Gasteiger partial charge in [0.25, 0.3) is 5.56 Å². The normalized spacial score (nSPS) is 9.91. The number of Topliss-reactive ketones (excluding diaryl/α,β-unsaturated/α-hetero) is 1. The van der Waals surface area contributed by atoms with Gasteiger partial charge in [0.2, 0.25) is 0 Å². The summed E-state index contributed by atoms with van der Waals surface area (Å²) in [5.41, 5.74) is 1.62. The number of hydrogen-bond acceptors (Lipinski definition) is 5. The van der Waals surface area contributed by atoms with Crippen molar-refractivity contribution in [1.29, 1.82) is 0 Å². The fourth-order valence-electron chi connectivity index (χ4n) is 2.71. The van der Waals surface area contributed by atoms with Gasteiger partial charge in [-0.1, -0.05) is 40.5 Å². The molecule has 0 N–H and O–H groups in total. The molecule has 0 radical (unpaired) electrons. The summed E-state index contributed by atoms with van der Waals surface area (Å²) < 4.78 is 33.5. The number of ether oxygens (including phenoxy) is 1. The second kappa shape index (κ2) is 14.0. The number of nitrogens with zero attached hydrogens (tertiary/aromatic N) is 3. The van der Waals surface area contributed by atoms with E-state index in [0.717, 1.165) is 11.8 Å². The Balaban J connectivity index is 0.000000872. The fourth-order valence-corrected chi connectivity index (χ4v) is 2.71. The van der Waals surface area contributed by atoms with E-state index in [2.05, 4.69) is 23.8 Å². The van der Waals surface area contributed by atoms with Crippen molar-refractivity contribution in [3.63, 3.8) is 0 Å². The van der Waals surface area contributed by atoms with Crippen LogP contribution in [-0.2, 0) is 6.61 Å². The number of aryl methyl sites for hydroxylation is 2. The van der Waals surface area contributed by atoms with Crippen LogP contribution in [0.4, 0.5) is 8.78 Å². The van der Waals surface area contributed by atoms with Gasteiger partial charge in [0, 0.05) is 37.0 Å². The molecule has 0 unspecified atom stereocenters. The molecule has 0 aromatic carbocycles. The maximum atomic E-state index is 13.7. The van der Waals surface area contributed by atoms with Crippen LogP contribution >= 0.6 is 0 Å². The second-order valence-electron chi connectivity index (χ2n) is 7.29. The molecule has 8 heteroatoms. The zero-order valence-corrected chi connectivity index (χ0v) is 20.9. The minimum absolute atomic E-state index is 0.0701. The van der Waals surface area contributed by atoms with Crippen molar-refractivity contribution in [2.45, 2.75) is 67.9 Å². The van der Waals surface area contributed by atoms with Gasteiger partial charge < -0.3 is 4.74 Å². The summed E-state index contributed by atoms with van der Waals surface area (Å²) in [7, 11) is 0. The van der Waals surface area contributed by atoms with E-state index in [0.29, 0.717) is 17.4 Å². The third kappa shape index (κ3) is 7.86. The van der Waals surface area contributed by atoms with Crippen molar-refractivity contribution >= 4 is 5.78 Å². The standard InChI is InChI=1S/C20H17F2N3O3.C4H10.C2H6/c1-11-8-23-17(13(3)26)7-19(11)25-12(2)4-15(6-20(25)27)28-10-18-16(22)5-14(21)9-24-18;1-3-4-2;1-2/h4-9H,10H2,1-3H3;3-4H2,1-2H3;1-2H3. The molecule has 184 valence electrons. The molecule has 3 aromatic heterocycles. The van der Waals surface area contributed by atoms with Gasteiger partial charge in [0.15, 0.2) is 11.6 Å². The largest absolute Gasteiger partial charge is 0.487 e. The fraction of sp³-hybridized carbons (Fsp3) is 0.385. The highest BCUT2D eigenvalue weighted by atomic mass is 19.1. The van der Waals surface area contributed by atoms with Crippen LogP contribution < -0.4 is 10.3 Å². The van der Waals surface area contributed by atoms with E-state index in [1.54, 1.807) is 26.0 Å². The number of unbranched alkanes of at least 4 members (excludes halogenated alkanes) is 1. The monoisotopic (exact) mass is 473 g/mol. The second-order valence-corrected chi connectivity index (χ2v) is 7.29. The molecule has 3 rings (SSSR count). The van der Waals surface area contributed by atoms with Gasteiger partial charge in [0.1, 0.15) is 29.6 Å². The Bertz CT molecular complexity index is 1160. The maximum absolute atomic E-state index is 13.7. The third-order valence-electron chi connectivity index (χ3n) is 4.63. The van der Waals surface area contributed by atoms with E-state index in [1.807, 2.05) is 13.8 Å². The van der Waals surface area contributed by atoms with Crippen LogP contribution in [0.25, 0.3) is 5.69 Å². The summed E-state index contributed by atoms with van der Waals surface area (Å²) >= 11 is 0. The number of aromatic nitrogens is 3. The van der Waals surface area contributed by atoms with Crippen LogP contribution in [-0.4, -0.2) is 20.3 Å². The number of rotatable bonds is 6. The zero-order valence-electron chi connectivity index (χ0n) is 20.9. The van der Waals surface area contributed by atoms with Crippen molar-refractivity contribution in [2.75, 3.05) is 0 Å². The molecule has 0 bridgehead atoms. The predicted octanol–water partition coefficient (Wildman–Crippen LogP) is 6.14. The quantitative estimate of drug-likeness (QED) is 0.402. The molecule has 0 saturated heterocycles. The van der Waals surface area contributed by atoms with E-state index >= 15 is 0 Å². The number of hydrogen-bond donors (Lipinski definition) is 0. The lowest BCUT2D eigenvalue weighted by Gasteiger charge is -2.15. The van der Waals surface area contributed by atoms with Gasteiger partial charge in [-0.3, -0.25) is 24.1 Å². The molecule has 0 atom stereocenters. The molecule has 0 aliphatic heterocycles. The predicted molar refractivity (Wildman–Crippen MR) is 130 cm³/mol. The van der Waals surface area contributed by atoms with Gasteiger partial charge in [-0.2, -0.15) is 0 Å². The molecular weight excluding hydrogens is 440 g/mol. The first-order chi connectivity index (χ1) is 16.2. The van der Waals surface area contributed by atoms with Crippen LogP contribution in [0.2, 0.25) is 0 Å². The molecule has 3 aromatic rings. The van der Waals surface area contributed by atoms with Crippen molar-refractivity contribution in [2.24, 2.45) is 0 Å². The van der Waals surface area contributed by atoms with E-state index in [4.69, 9.17) is 4.74 Å². The molecule has 6 nitrogen and oxygen atoms in total. The number of pyridine rings is 3. The van der Waals surface area contributed by atoms with Gasteiger partial charge in [0.05, 0.1) is 11.9 Å². The Morgan fingerprint density at radius 3 is 2.18 bits per heavy atom. The van der Waals surface area contributed by atoms with Gasteiger partial charge in [-0.25, -0.2) is 8.78 Å². The Kier molecular flexibility index (Phi) is 11.8. The van der Waals surface area contributed by atoms with Gasteiger partial charge in [-0.05, 0) is 25.5 Å². The zero-order chi connectivity index (χ0) is 25.8. The van der Waals surface area contributed by atoms with Crippen LogP contribution in [0.3, 0.4) is 0 Å². The number of halogens is 2. The summed E-state index contributed by atoms with van der Waals surface area (Å²) in [6, 6.07) is 5.13. The smallest absolute Gasteiger partial charge is 0.259 e. The van der Waals surface area contributed by atoms with Crippen molar-refractivity contribution in [3.05, 3.63) is 81.3 Å². The summed E-state index contributed by atoms with van der Waals surface area (Å²) in [5, 5.41) is 0. The van der Waals surface area contributed by atoms with Crippen molar-refractivity contribution < 1.29 is 18.3 Å². The van der Waals surface area contributed by atoms with E-state index < -0.39 is 11.6 Å². The lowest BCUT2D eigenvalue weighted by atomic mass is 10.1. The lowest BCUT2D eigenvalue weighted by Crippen LogP contribution is -2.21. The minimum Gasteiger partial charge on any atom is -0.487 e. The first kappa shape index (κ1) is 28.6. The Hall–Kier alpha value is -3.42. The van der Waals surface area contributed by atoms with Crippen LogP contribution in [0.1, 0.15) is 74.9 Å². The Labute approximate surface area is 199 Å². The Morgan fingerprint density at radius 1 is 1.00 bits per heavy atom.